The molecule has 0 aromatic carbocycles. The highest BCUT2D eigenvalue weighted by Gasteiger charge is 2.10. The molecule has 3 N–H and O–H groups in total. The quantitative estimate of drug-likeness (QED) is 0.717. The van der Waals surface area contributed by atoms with Crippen molar-refractivity contribution in [2.45, 2.75) is 6.92 Å². The molecule has 0 atom stereocenters. The van der Waals surface area contributed by atoms with Crippen molar-refractivity contribution in [3.8, 4) is 11.1 Å². The number of nitrogen functional groups attached to an aromatic ring is 1. The van der Waals surface area contributed by atoms with Gasteiger partial charge in [0.05, 0.1) is 15.9 Å². The monoisotopic (exact) mass is 294 g/mol. The Bertz CT molecular complexity index is 848. The zero-order chi connectivity index (χ0) is 14.8. The Kier molecular flexibility index (Phi) is 3.50. The highest BCUT2D eigenvalue weighted by Crippen LogP contribution is 2.33. The summed E-state index contributed by atoms with van der Waals surface area (Å²) in [7, 11) is 0. The molecule has 4 nitrogen and oxygen atoms in total. The normalized spacial score (nSPS) is 11.8. The summed E-state index contributed by atoms with van der Waals surface area (Å²) in [6, 6.07) is 7.77. The van der Waals surface area contributed by atoms with Gasteiger partial charge in [-0.25, -0.2) is 9.97 Å². The van der Waals surface area contributed by atoms with Crippen molar-refractivity contribution in [3.05, 3.63) is 47.6 Å². The largest absolute Gasteiger partial charge is 0.384 e. The van der Waals surface area contributed by atoms with E-state index in [0.29, 0.717) is 5.82 Å². The maximum absolute atomic E-state index is 7.46. The number of nitrogens with two attached hydrogens (primary N) is 1. The van der Waals surface area contributed by atoms with Crippen molar-refractivity contribution >= 4 is 39.2 Å². The standard InChI is InChI=1S/C16H14N4S/c1-2-10(8-17)13-3-4-14-16(20-13)12(9-21-14)11-5-6-19-15(18)7-11/h2-9,17H,1H3,(H2,18,19)/b10-2+,17-8?. The molecule has 3 rings (SSSR count). The maximum atomic E-state index is 7.46. The molecule has 0 saturated carbocycles. The highest BCUT2D eigenvalue weighted by atomic mass is 32.1. The Morgan fingerprint density at radius 3 is 2.90 bits per heavy atom. The van der Waals surface area contributed by atoms with Crippen LogP contribution in [0.3, 0.4) is 0 Å². The summed E-state index contributed by atoms with van der Waals surface area (Å²) in [6.45, 7) is 1.91. The Morgan fingerprint density at radius 1 is 1.33 bits per heavy atom. The fourth-order valence-corrected chi connectivity index (χ4v) is 3.11. The minimum absolute atomic E-state index is 0.497. The van der Waals surface area contributed by atoms with E-state index in [4.69, 9.17) is 16.1 Å². The number of thiophene rings is 1. The predicted octanol–water partition coefficient (Wildman–Crippen LogP) is 3.99. The third-order valence-corrected chi connectivity index (χ3v) is 4.21. The molecule has 0 spiro atoms. The summed E-state index contributed by atoms with van der Waals surface area (Å²) in [5.74, 6) is 0.497. The minimum atomic E-state index is 0.497. The van der Waals surface area contributed by atoms with Crippen molar-refractivity contribution in [2.24, 2.45) is 0 Å². The number of hydrogen-bond donors (Lipinski definition) is 2. The maximum Gasteiger partial charge on any atom is 0.123 e. The first-order chi connectivity index (χ1) is 10.2. The van der Waals surface area contributed by atoms with E-state index in [1.807, 2.05) is 37.3 Å². The van der Waals surface area contributed by atoms with E-state index in [9.17, 15) is 0 Å². The lowest BCUT2D eigenvalue weighted by atomic mass is 10.1. The van der Waals surface area contributed by atoms with Crippen LogP contribution in [0.5, 0.6) is 0 Å². The van der Waals surface area contributed by atoms with Gasteiger partial charge in [-0.1, -0.05) is 6.08 Å². The first kappa shape index (κ1) is 13.5. The van der Waals surface area contributed by atoms with Crippen LogP contribution in [0.4, 0.5) is 5.82 Å². The van der Waals surface area contributed by atoms with E-state index < -0.39 is 0 Å². The molecule has 0 saturated heterocycles. The molecule has 0 bridgehead atoms. The van der Waals surface area contributed by atoms with Gasteiger partial charge < -0.3 is 11.1 Å². The van der Waals surface area contributed by atoms with Crippen LogP contribution in [-0.2, 0) is 0 Å². The van der Waals surface area contributed by atoms with Gasteiger partial charge in [-0.3, -0.25) is 0 Å². The van der Waals surface area contributed by atoms with Crippen molar-refractivity contribution in [2.75, 3.05) is 5.73 Å². The van der Waals surface area contributed by atoms with E-state index in [-0.39, 0.29) is 0 Å². The number of fused-ring (bicyclic) bond motifs is 1. The lowest BCUT2D eigenvalue weighted by Gasteiger charge is -2.03. The molecular formula is C16H14N4S. The van der Waals surface area contributed by atoms with Gasteiger partial charge in [0, 0.05) is 28.9 Å². The molecule has 0 aliphatic rings. The van der Waals surface area contributed by atoms with Gasteiger partial charge in [0.25, 0.3) is 0 Å². The third-order valence-electron chi connectivity index (χ3n) is 3.27. The van der Waals surface area contributed by atoms with Gasteiger partial charge in [0.1, 0.15) is 5.82 Å². The molecular weight excluding hydrogens is 280 g/mol. The van der Waals surface area contributed by atoms with Crippen LogP contribution in [0.25, 0.3) is 26.9 Å². The fourth-order valence-electron chi connectivity index (χ4n) is 2.20. The smallest absolute Gasteiger partial charge is 0.123 e. The van der Waals surface area contributed by atoms with Gasteiger partial charge in [0.15, 0.2) is 0 Å². The predicted molar refractivity (Wildman–Crippen MR) is 89.7 cm³/mol. The number of aromatic nitrogens is 2. The molecule has 0 aliphatic carbocycles. The second kappa shape index (κ2) is 5.46. The highest BCUT2D eigenvalue weighted by molar-refractivity contribution is 7.17. The van der Waals surface area contributed by atoms with Gasteiger partial charge in [-0.05, 0) is 36.8 Å². The van der Waals surface area contributed by atoms with Crippen LogP contribution in [-0.4, -0.2) is 16.2 Å². The van der Waals surface area contributed by atoms with Crippen LogP contribution in [0, 0.1) is 5.41 Å². The van der Waals surface area contributed by atoms with Gasteiger partial charge >= 0.3 is 0 Å². The zero-order valence-corrected chi connectivity index (χ0v) is 12.3. The summed E-state index contributed by atoms with van der Waals surface area (Å²) in [4.78, 5) is 8.74. The molecule has 0 radical (unpaired) electrons. The number of hydrogen-bond acceptors (Lipinski definition) is 5. The van der Waals surface area contributed by atoms with Crippen LogP contribution >= 0.6 is 11.3 Å². The second-order valence-corrected chi connectivity index (χ2v) is 5.46. The number of nitrogens with zero attached hydrogens (tertiary/aromatic N) is 2. The van der Waals surface area contributed by atoms with Gasteiger partial charge in [-0.15, -0.1) is 11.3 Å². The van der Waals surface area contributed by atoms with E-state index >= 15 is 0 Å². The molecule has 5 heteroatoms. The lowest BCUT2D eigenvalue weighted by molar-refractivity contribution is 1.33. The SMILES string of the molecule is C/C=C(\C=N)c1ccc2scc(-c3ccnc(N)c3)c2n1. The summed E-state index contributed by atoms with van der Waals surface area (Å²) in [5.41, 5.74) is 10.4. The first-order valence-corrected chi connectivity index (χ1v) is 7.38. The average Bonchev–Trinajstić information content (AvgIpc) is 2.92. The summed E-state index contributed by atoms with van der Waals surface area (Å²) < 4.78 is 1.12. The Hall–Kier alpha value is -2.53. The molecule has 21 heavy (non-hydrogen) atoms. The molecule has 0 unspecified atom stereocenters. The van der Waals surface area contributed by atoms with Gasteiger partial charge in [0.2, 0.25) is 0 Å². The number of anilines is 1. The first-order valence-electron chi connectivity index (χ1n) is 6.50. The van der Waals surface area contributed by atoms with Crippen molar-refractivity contribution in [1.29, 1.82) is 5.41 Å². The van der Waals surface area contributed by atoms with E-state index in [2.05, 4.69) is 10.4 Å². The molecule has 3 aromatic heterocycles. The minimum Gasteiger partial charge on any atom is -0.384 e. The average molecular weight is 294 g/mol. The molecule has 0 amide bonds. The Labute approximate surface area is 126 Å². The van der Waals surface area contributed by atoms with Crippen LogP contribution in [0.1, 0.15) is 12.6 Å². The number of rotatable bonds is 3. The van der Waals surface area contributed by atoms with Crippen molar-refractivity contribution in [1.82, 2.24) is 9.97 Å². The van der Waals surface area contributed by atoms with E-state index in [0.717, 1.165) is 32.6 Å². The molecule has 3 heterocycles. The van der Waals surface area contributed by atoms with E-state index in [1.54, 1.807) is 17.5 Å². The second-order valence-electron chi connectivity index (χ2n) is 4.55. The van der Waals surface area contributed by atoms with Crippen LogP contribution < -0.4 is 5.73 Å². The topological polar surface area (TPSA) is 75.7 Å². The molecule has 104 valence electrons. The molecule has 0 aliphatic heterocycles. The Morgan fingerprint density at radius 2 is 2.19 bits per heavy atom. The molecule has 3 aromatic rings. The summed E-state index contributed by atoms with van der Waals surface area (Å²) in [6.07, 6.45) is 4.91. The third kappa shape index (κ3) is 2.43. The van der Waals surface area contributed by atoms with Crippen molar-refractivity contribution < 1.29 is 0 Å². The van der Waals surface area contributed by atoms with Crippen LogP contribution in [0.15, 0.2) is 41.9 Å². The Balaban J connectivity index is 2.21. The molecule has 0 fully saturated rings. The van der Waals surface area contributed by atoms with Crippen LogP contribution in [0.2, 0.25) is 0 Å². The fraction of sp³-hybridized carbons (Fsp3) is 0.0625. The van der Waals surface area contributed by atoms with E-state index in [1.165, 1.54) is 6.21 Å². The number of pyridine rings is 2. The lowest BCUT2D eigenvalue weighted by Crippen LogP contribution is -1.91. The number of allylic oxidation sites excluding steroid dienone is 2. The zero-order valence-electron chi connectivity index (χ0n) is 11.5. The number of nitrogens with one attached hydrogen (secondary N) is 1. The summed E-state index contributed by atoms with van der Waals surface area (Å²) in [5, 5.41) is 9.54. The van der Waals surface area contributed by atoms with Crippen molar-refractivity contribution in [3.63, 3.8) is 0 Å². The van der Waals surface area contributed by atoms with Gasteiger partial charge in [-0.2, -0.15) is 0 Å². The summed E-state index contributed by atoms with van der Waals surface area (Å²) >= 11 is 1.65.